The van der Waals surface area contributed by atoms with Gasteiger partial charge in [0.1, 0.15) is 22.3 Å². The van der Waals surface area contributed by atoms with Gasteiger partial charge in [-0.05, 0) is 111 Å². The molecule has 0 spiro atoms. The molecular formula is C57H39NO2. The first-order chi connectivity index (χ1) is 29.5. The van der Waals surface area contributed by atoms with Crippen molar-refractivity contribution in [2.45, 2.75) is 19.3 Å². The Bertz CT molecular complexity index is 3480. The van der Waals surface area contributed by atoms with Crippen molar-refractivity contribution in [1.82, 2.24) is 0 Å². The molecule has 0 saturated carbocycles. The van der Waals surface area contributed by atoms with E-state index >= 15 is 0 Å². The highest BCUT2D eigenvalue weighted by Gasteiger charge is 2.36. The molecule has 12 rings (SSSR count). The molecular weight excluding hydrogens is 731 g/mol. The van der Waals surface area contributed by atoms with E-state index in [1.807, 2.05) is 18.2 Å². The lowest BCUT2D eigenvalue weighted by Crippen LogP contribution is -2.16. The minimum absolute atomic E-state index is 0.149. The van der Waals surface area contributed by atoms with Crippen molar-refractivity contribution in [2.75, 3.05) is 4.90 Å². The van der Waals surface area contributed by atoms with E-state index in [0.717, 1.165) is 83.2 Å². The summed E-state index contributed by atoms with van der Waals surface area (Å²) in [6.07, 6.45) is 0. The van der Waals surface area contributed by atoms with Crippen LogP contribution in [-0.2, 0) is 5.41 Å². The van der Waals surface area contributed by atoms with Crippen molar-refractivity contribution in [3.63, 3.8) is 0 Å². The Morgan fingerprint density at radius 3 is 1.83 bits per heavy atom. The summed E-state index contributed by atoms with van der Waals surface area (Å²) in [4.78, 5) is 2.39. The summed E-state index contributed by atoms with van der Waals surface area (Å²) >= 11 is 0. The Hall–Kier alpha value is -7.62. The number of rotatable bonds is 6. The lowest BCUT2D eigenvalue weighted by molar-refractivity contribution is 0.660. The van der Waals surface area contributed by atoms with Crippen LogP contribution in [0.3, 0.4) is 0 Å². The van der Waals surface area contributed by atoms with Gasteiger partial charge in [-0.2, -0.15) is 0 Å². The standard InChI is InChI=1S/C57H39NO2/c1-57(2)49-23-9-6-20-44(49)45-28-26-41(34-50(45)57)58(42-27-29-47-46-21-7-10-24-51(46)60-54(47)35-42)40-19-13-17-38(33-40)43-30-31-53-56(48-22-8-11-25-52(48)59-53)55(43)39-18-12-16-37(32-39)36-14-4-3-5-15-36/h3-35H,1-2H3. The number of benzene rings is 9. The lowest BCUT2D eigenvalue weighted by Gasteiger charge is -2.28. The van der Waals surface area contributed by atoms with Gasteiger partial charge in [-0.15, -0.1) is 0 Å². The first-order valence-electron chi connectivity index (χ1n) is 20.7. The van der Waals surface area contributed by atoms with Gasteiger partial charge in [-0.25, -0.2) is 0 Å². The predicted octanol–water partition coefficient (Wildman–Crippen LogP) is 16.3. The highest BCUT2D eigenvalue weighted by atomic mass is 16.3. The molecule has 11 aromatic rings. The van der Waals surface area contributed by atoms with Crippen LogP contribution in [0.15, 0.2) is 209 Å². The maximum Gasteiger partial charge on any atom is 0.137 e. The van der Waals surface area contributed by atoms with E-state index in [9.17, 15) is 0 Å². The minimum atomic E-state index is -0.149. The van der Waals surface area contributed by atoms with Crippen LogP contribution in [0.1, 0.15) is 25.0 Å². The molecule has 0 radical (unpaired) electrons. The van der Waals surface area contributed by atoms with Gasteiger partial charge in [-0.1, -0.05) is 147 Å². The van der Waals surface area contributed by atoms with Gasteiger partial charge in [0.05, 0.1) is 0 Å². The largest absolute Gasteiger partial charge is 0.456 e. The van der Waals surface area contributed by atoms with Crippen LogP contribution in [0.2, 0.25) is 0 Å². The highest BCUT2D eigenvalue weighted by molar-refractivity contribution is 6.16. The number of fused-ring (bicyclic) bond motifs is 9. The molecule has 1 aliphatic carbocycles. The van der Waals surface area contributed by atoms with E-state index in [-0.39, 0.29) is 5.41 Å². The van der Waals surface area contributed by atoms with Crippen LogP contribution in [-0.4, -0.2) is 0 Å². The van der Waals surface area contributed by atoms with Crippen molar-refractivity contribution in [3.05, 3.63) is 211 Å². The maximum absolute atomic E-state index is 6.51. The molecule has 0 aliphatic heterocycles. The summed E-state index contributed by atoms with van der Waals surface area (Å²) in [5.74, 6) is 0. The quantitative estimate of drug-likeness (QED) is 0.169. The number of anilines is 3. The van der Waals surface area contributed by atoms with E-state index < -0.39 is 0 Å². The third-order valence-electron chi connectivity index (χ3n) is 12.7. The molecule has 0 atom stereocenters. The zero-order valence-electron chi connectivity index (χ0n) is 33.3. The molecule has 284 valence electrons. The molecule has 0 N–H and O–H groups in total. The first-order valence-corrected chi connectivity index (χ1v) is 20.7. The second-order valence-electron chi connectivity index (χ2n) is 16.5. The number of nitrogens with zero attached hydrogens (tertiary/aromatic N) is 1. The fourth-order valence-corrected chi connectivity index (χ4v) is 9.79. The fraction of sp³-hybridized carbons (Fsp3) is 0.0526. The Kier molecular flexibility index (Phi) is 7.58. The van der Waals surface area contributed by atoms with Gasteiger partial charge in [0.15, 0.2) is 0 Å². The SMILES string of the molecule is CC1(C)c2ccccc2-c2ccc(N(c3cccc(-c4ccc5oc6ccccc6c5c4-c4cccc(-c5ccccc5)c4)c3)c3ccc4c(c3)oc3ccccc34)cc21. The van der Waals surface area contributed by atoms with Gasteiger partial charge in [0.25, 0.3) is 0 Å². The van der Waals surface area contributed by atoms with Crippen molar-refractivity contribution in [3.8, 4) is 44.5 Å². The fourth-order valence-electron chi connectivity index (χ4n) is 9.79. The van der Waals surface area contributed by atoms with E-state index in [4.69, 9.17) is 8.83 Å². The predicted molar refractivity (Wildman–Crippen MR) is 250 cm³/mol. The number of para-hydroxylation sites is 2. The average molecular weight is 770 g/mol. The van der Waals surface area contributed by atoms with E-state index in [0.29, 0.717) is 0 Å². The molecule has 0 fully saturated rings. The van der Waals surface area contributed by atoms with Gasteiger partial charge >= 0.3 is 0 Å². The lowest BCUT2D eigenvalue weighted by atomic mass is 9.82. The van der Waals surface area contributed by atoms with E-state index in [2.05, 4.69) is 201 Å². The first kappa shape index (κ1) is 34.4. The Morgan fingerprint density at radius 1 is 0.350 bits per heavy atom. The third kappa shape index (κ3) is 5.29. The smallest absolute Gasteiger partial charge is 0.137 e. The minimum Gasteiger partial charge on any atom is -0.456 e. The average Bonchev–Trinajstić information content (AvgIpc) is 3.94. The number of furan rings is 2. The summed E-state index contributed by atoms with van der Waals surface area (Å²) < 4.78 is 13.0. The topological polar surface area (TPSA) is 29.5 Å². The van der Waals surface area contributed by atoms with Crippen molar-refractivity contribution >= 4 is 60.9 Å². The second kappa shape index (κ2) is 13.2. The normalized spacial score (nSPS) is 13.0. The summed E-state index contributed by atoms with van der Waals surface area (Å²) in [7, 11) is 0. The molecule has 0 bridgehead atoms. The Morgan fingerprint density at radius 2 is 0.950 bits per heavy atom. The van der Waals surface area contributed by atoms with Crippen LogP contribution in [0.4, 0.5) is 17.1 Å². The van der Waals surface area contributed by atoms with Crippen LogP contribution < -0.4 is 4.90 Å². The van der Waals surface area contributed by atoms with Gasteiger partial charge < -0.3 is 13.7 Å². The van der Waals surface area contributed by atoms with Gasteiger partial charge in [-0.3, -0.25) is 0 Å². The molecule has 1 aliphatic rings. The monoisotopic (exact) mass is 769 g/mol. The van der Waals surface area contributed by atoms with Crippen molar-refractivity contribution in [1.29, 1.82) is 0 Å². The van der Waals surface area contributed by atoms with Crippen LogP contribution in [0.5, 0.6) is 0 Å². The van der Waals surface area contributed by atoms with Crippen LogP contribution in [0.25, 0.3) is 88.4 Å². The van der Waals surface area contributed by atoms with Crippen LogP contribution in [0, 0.1) is 0 Å². The Balaban J connectivity index is 1.08. The molecule has 0 saturated heterocycles. The zero-order valence-corrected chi connectivity index (χ0v) is 33.3. The van der Waals surface area contributed by atoms with E-state index in [1.54, 1.807) is 0 Å². The summed E-state index contributed by atoms with van der Waals surface area (Å²) in [6.45, 7) is 4.69. The van der Waals surface area contributed by atoms with Crippen molar-refractivity contribution < 1.29 is 8.83 Å². The highest BCUT2D eigenvalue weighted by Crippen LogP contribution is 2.51. The molecule has 0 amide bonds. The summed E-state index contributed by atoms with van der Waals surface area (Å²) in [5.41, 5.74) is 18.7. The van der Waals surface area contributed by atoms with Gasteiger partial charge in [0.2, 0.25) is 0 Å². The number of hydrogen-bond acceptors (Lipinski definition) is 3. The maximum atomic E-state index is 6.51. The molecule has 2 aromatic heterocycles. The third-order valence-corrected chi connectivity index (χ3v) is 12.7. The molecule has 60 heavy (non-hydrogen) atoms. The van der Waals surface area contributed by atoms with Gasteiger partial charge in [0, 0.05) is 55.7 Å². The second-order valence-corrected chi connectivity index (χ2v) is 16.5. The molecule has 9 aromatic carbocycles. The molecule has 3 heteroatoms. The van der Waals surface area contributed by atoms with E-state index in [1.165, 1.54) is 33.4 Å². The number of hydrogen-bond donors (Lipinski definition) is 0. The summed E-state index contributed by atoms with van der Waals surface area (Å²) in [5, 5.41) is 4.45. The Labute approximate surface area is 348 Å². The molecule has 0 unspecified atom stereocenters. The molecule has 2 heterocycles. The molecule has 3 nitrogen and oxygen atoms in total. The zero-order chi connectivity index (χ0) is 40.0. The van der Waals surface area contributed by atoms with Crippen LogP contribution >= 0.6 is 0 Å². The van der Waals surface area contributed by atoms with Crippen molar-refractivity contribution in [2.24, 2.45) is 0 Å². The summed E-state index contributed by atoms with van der Waals surface area (Å²) in [6, 6.07) is 72.0.